The van der Waals surface area contributed by atoms with Crippen LogP contribution in [0.4, 0.5) is 5.69 Å². The molecule has 0 bridgehead atoms. The van der Waals surface area contributed by atoms with Crippen LogP contribution in [-0.4, -0.2) is 47.9 Å². The highest BCUT2D eigenvalue weighted by Crippen LogP contribution is 2.25. The molecule has 1 aromatic rings. The summed E-state index contributed by atoms with van der Waals surface area (Å²) in [4.78, 5) is 15.6. The number of carbonyl (C=O) groups excluding carboxylic acids is 1. The standard InChI is InChI=1S/C18H28N2O2S/c1-13(20(2)12-14-6-4-5-7-17(14)21)18(22)19-15-8-10-16(23-3)11-9-15/h8-11,13-14,17,21H,4-7,12H2,1-3H3,(H,19,22). The van der Waals surface area contributed by atoms with Gasteiger partial charge in [-0.2, -0.15) is 0 Å². The van der Waals surface area contributed by atoms with Gasteiger partial charge in [-0.05, 0) is 63.3 Å². The second kappa shape index (κ2) is 8.71. The van der Waals surface area contributed by atoms with Gasteiger partial charge in [-0.3, -0.25) is 9.69 Å². The molecule has 0 aliphatic heterocycles. The number of aliphatic hydroxyl groups is 1. The van der Waals surface area contributed by atoms with Crippen LogP contribution in [-0.2, 0) is 4.79 Å². The van der Waals surface area contributed by atoms with Crippen LogP contribution in [0.3, 0.4) is 0 Å². The van der Waals surface area contributed by atoms with E-state index in [1.807, 2.05) is 49.4 Å². The molecule has 1 saturated carbocycles. The van der Waals surface area contributed by atoms with Crippen LogP contribution >= 0.6 is 11.8 Å². The minimum Gasteiger partial charge on any atom is -0.393 e. The minimum atomic E-state index is -0.222. The van der Waals surface area contributed by atoms with E-state index < -0.39 is 0 Å². The van der Waals surface area contributed by atoms with Gasteiger partial charge in [-0.25, -0.2) is 0 Å². The summed E-state index contributed by atoms with van der Waals surface area (Å²) in [7, 11) is 1.96. The third kappa shape index (κ3) is 5.23. The second-order valence-corrected chi connectivity index (χ2v) is 7.32. The van der Waals surface area contributed by atoms with E-state index in [1.54, 1.807) is 11.8 Å². The van der Waals surface area contributed by atoms with Gasteiger partial charge >= 0.3 is 0 Å². The Kier molecular flexibility index (Phi) is 6.93. The van der Waals surface area contributed by atoms with Crippen LogP contribution in [0.2, 0.25) is 0 Å². The molecule has 0 heterocycles. The lowest BCUT2D eigenvalue weighted by Gasteiger charge is -2.33. The normalized spacial score (nSPS) is 22.8. The van der Waals surface area contributed by atoms with E-state index in [4.69, 9.17) is 0 Å². The lowest BCUT2D eigenvalue weighted by Crippen LogP contribution is -2.44. The second-order valence-electron chi connectivity index (χ2n) is 6.45. The quantitative estimate of drug-likeness (QED) is 0.783. The third-order valence-electron chi connectivity index (χ3n) is 4.79. The molecule has 1 aliphatic rings. The number of benzene rings is 1. The van der Waals surface area contributed by atoms with E-state index >= 15 is 0 Å². The highest BCUT2D eigenvalue weighted by atomic mass is 32.2. The van der Waals surface area contributed by atoms with Crippen LogP contribution in [0.5, 0.6) is 0 Å². The topological polar surface area (TPSA) is 52.6 Å². The molecule has 1 amide bonds. The van der Waals surface area contributed by atoms with Crippen molar-refractivity contribution in [1.29, 1.82) is 0 Å². The first-order chi connectivity index (χ1) is 11.0. The number of amides is 1. The average molecular weight is 337 g/mol. The van der Waals surface area contributed by atoms with Gasteiger partial charge in [-0.15, -0.1) is 11.8 Å². The summed E-state index contributed by atoms with van der Waals surface area (Å²) in [5.74, 6) is 0.277. The van der Waals surface area contributed by atoms with E-state index in [9.17, 15) is 9.90 Å². The Hall–Kier alpha value is -1.04. The Bertz CT molecular complexity index is 506. The molecule has 5 heteroatoms. The zero-order chi connectivity index (χ0) is 16.8. The summed E-state index contributed by atoms with van der Waals surface area (Å²) in [5.41, 5.74) is 0.825. The Balaban J connectivity index is 1.87. The number of thioether (sulfide) groups is 1. The Morgan fingerprint density at radius 3 is 2.61 bits per heavy atom. The lowest BCUT2D eigenvalue weighted by molar-refractivity contribution is -0.120. The molecule has 2 rings (SSSR count). The van der Waals surface area contributed by atoms with Crippen molar-refractivity contribution in [2.45, 2.75) is 49.6 Å². The fourth-order valence-corrected chi connectivity index (χ4v) is 3.46. The van der Waals surface area contributed by atoms with Crippen molar-refractivity contribution in [3.63, 3.8) is 0 Å². The summed E-state index contributed by atoms with van der Waals surface area (Å²) in [6.45, 7) is 2.68. The Morgan fingerprint density at radius 2 is 2.00 bits per heavy atom. The van der Waals surface area contributed by atoms with Crippen LogP contribution < -0.4 is 5.32 Å². The monoisotopic (exact) mass is 336 g/mol. The highest BCUT2D eigenvalue weighted by molar-refractivity contribution is 7.98. The minimum absolute atomic E-state index is 0.00491. The van der Waals surface area contributed by atoms with Gasteiger partial charge in [-0.1, -0.05) is 12.8 Å². The molecule has 3 unspecified atom stereocenters. The molecule has 0 saturated heterocycles. The van der Waals surface area contributed by atoms with Gasteiger partial charge in [0.2, 0.25) is 5.91 Å². The molecule has 2 N–H and O–H groups in total. The molecule has 0 spiro atoms. The first-order valence-electron chi connectivity index (χ1n) is 8.34. The van der Waals surface area contributed by atoms with Crippen molar-refractivity contribution in [3.8, 4) is 0 Å². The van der Waals surface area contributed by atoms with E-state index in [0.29, 0.717) is 0 Å². The summed E-state index contributed by atoms with van der Waals surface area (Å²) >= 11 is 1.68. The molecule has 128 valence electrons. The van der Waals surface area contributed by atoms with Gasteiger partial charge < -0.3 is 10.4 Å². The fourth-order valence-electron chi connectivity index (χ4n) is 3.05. The number of rotatable bonds is 6. The first kappa shape index (κ1) is 18.3. The van der Waals surface area contributed by atoms with Gasteiger partial charge in [0.15, 0.2) is 0 Å². The maximum atomic E-state index is 12.4. The number of hydrogen-bond acceptors (Lipinski definition) is 4. The molecule has 4 nitrogen and oxygen atoms in total. The summed E-state index contributed by atoms with van der Waals surface area (Å²) in [5, 5.41) is 13.1. The molecular formula is C18H28N2O2S. The summed E-state index contributed by atoms with van der Waals surface area (Å²) in [6.07, 6.45) is 6.04. The van der Waals surface area contributed by atoms with E-state index in [0.717, 1.165) is 31.5 Å². The molecule has 1 aliphatic carbocycles. The SMILES string of the molecule is CSc1ccc(NC(=O)C(C)N(C)CC2CCCCC2O)cc1. The summed E-state index contributed by atoms with van der Waals surface area (Å²) < 4.78 is 0. The molecule has 23 heavy (non-hydrogen) atoms. The van der Waals surface area contributed by atoms with Gasteiger partial charge in [0.1, 0.15) is 0 Å². The van der Waals surface area contributed by atoms with Crippen LogP contribution in [0, 0.1) is 5.92 Å². The highest BCUT2D eigenvalue weighted by Gasteiger charge is 2.27. The zero-order valence-electron chi connectivity index (χ0n) is 14.3. The van der Waals surface area contributed by atoms with Crippen molar-refractivity contribution in [2.24, 2.45) is 5.92 Å². The number of aliphatic hydroxyl groups excluding tert-OH is 1. The number of anilines is 1. The molecule has 1 aromatic carbocycles. The first-order valence-corrected chi connectivity index (χ1v) is 9.57. The molecule has 1 fully saturated rings. The number of nitrogens with one attached hydrogen (secondary N) is 1. The van der Waals surface area contributed by atoms with Gasteiger partial charge in [0.05, 0.1) is 12.1 Å². The average Bonchev–Trinajstić information content (AvgIpc) is 2.56. The molecule has 3 atom stereocenters. The van der Waals surface area contributed by atoms with Gasteiger partial charge in [0, 0.05) is 17.1 Å². The number of hydrogen-bond donors (Lipinski definition) is 2. The zero-order valence-corrected chi connectivity index (χ0v) is 15.1. The van der Waals surface area contributed by atoms with Crippen molar-refractivity contribution >= 4 is 23.4 Å². The molecule has 0 aromatic heterocycles. The van der Waals surface area contributed by atoms with Crippen molar-refractivity contribution in [1.82, 2.24) is 4.90 Å². The maximum absolute atomic E-state index is 12.4. The van der Waals surface area contributed by atoms with Crippen LogP contribution in [0.25, 0.3) is 0 Å². The lowest BCUT2D eigenvalue weighted by atomic mass is 9.86. The maximum Gasteiger partial charge on any atom is 0.241 e. The third-order valence-corrected chi connectivity index (χ3v) is 5.53. The predicted octanol–water partition coefficient (Wildman–Crippen LogP) is 3.22. The van der Waals surface area contributed by atoms with Crippen LogP contribution in [0.15, 0.2) is 29.2 Å². The number of nitrogens with zero attached hydrogens (tertiary/aromatic N) is 1. The Labute approximate surface area is 143 Å². The van der Waals surface area contributed by atoms with Crippen molar-refractivity contribution < 1.29 is 9.90 Å². The molecule has 0 radical (unpaired) electrons. The smallest absolute Gasteiger partial charge is 0.241 e. The largest absolute Gasteiger partial charge is 0.393 e. The van der Waals surface area contributed by atoms with Gasteiger partial charge in [0.25, 0.3) is 0 Å². The van der Waals surface area contributed by atoms with Crippen molar-refractivity contribution in [2.75, 3.05) is 25.2 Å². The molecular weight excluding hydrogens is 308 g/mol. The number of carbonyl (C=O) groups is 1. The van der Waals surface area contributed by atoms with Crippen molar-refractivity contribution in [3.05, 3.63) is 24.3 Å². The Morgan fingerprint density at radius 1 is 1.35 bits per heavy atom. The fraction of sp³-hybridized carbons (Fsp3) is 0.611. The number of likely N-dealkylation sites (N-methyl/N-ethyl adjacent to an activating group) is 1. The van der Waals surface area contributed by atoms with Crippen LogP contribution in [0.1, 0.15) is 32.6 Å². The van der Waals surface area contributed by atoms with E-state index in [2.05, 4.69) is 5.32 Å². The van der Waals surface area contributed by atoms with E-state index in [1.165, 1.54) is 11.3 Å². The summed E-state index contributed by atoms with van der Waals surface area (Å²) in [6, 6.07) is 7.66. The predicted molar refractivity (Wildman–Crippen MR) is 96.9 cm³/mol. The van der Waals surface area contributed by atoms with E-state index in [-0.39, 0.29) is 24.0 Å².